The van der Waals surface area contributed by atoms with Gasteiger partial charge in [0.1, 0.15) is 0 Å². The predicted molar refractivity (Wildman–Crippen MR) is 104 cm³/mol. The molecule has 3 aromatic rings. The molecule has 9 nitrogen and oxygen atoms in total. The minimum absolute atomic E-state index is 0.0440. The zero-order chi connectivity index (χ0) is 20.1. The lowest BCUT2D eigenvalue weighted by Gasteiger charge is -2.38. The second-order valence-electron chi connectivity index (χ2n) is 7.03. The maximum atomic E-state index is 12.9. The molecule has 3 heterocycles. The van der Waals surface area contributed by atoms with Gasteiger partial charge in [0.15, 0.2) is 0 Å². The molecule has 1 aliphatic heterocycles. The molecule has 2 aromatic heterocycles. The molecule has 148 valence electrons. The quantitative estimate of drug-likeness (QED) is 0.620. The Labute approximate surface area is 164 Å². The highest BCUT2D eigenvalue weighted by atomic mass is 32.2. The molecule has 1 fully saturated rings. The lowest BCUT2D eigenvalue weighted by atomic mass is 10.0. The van der Waals surface area contributed by atoms with Crippen molar-refractivity contribution in [3.05, 3.63) is 55.1 Å². The van der Waals surface area contributed by atoms with Gasteiger partial charge in [0.2, 0.25) is 10.0 Å². The number of aromatic amines is 1. The van der Waals surface area contributed by atoms with Crippen LogP contribution in [0.25, 0.3) is 10.9 Å². The van der Waals surface area contributed by atoms with Crippen molar-refractivity contribution in [2.75, 3.05) is 13.2 Å². The van der Waals surface area contributed by atoms with Gasteiger partial charge in [0, 0.05) is 11.1 Å². The molecule has 0 atom stereocenters. The van der Waals surface area contributed by atoms with E-state index in [1.54, 1.807) is 13.1 Å². The van der Waals surface area contributed by atoms with E-state index in [-0.39, 0.29) is 35.6 Å². The number of ether oxygens (including phenoxy) is 1. The molecule has 1 aromatic carbocycles. The van der Waals surface area contributed by atoms with Crippen molar-refractivity contribution >= 4 is 32.3 Å². The van der Waals surface area contributed by atoms with Crippen LogP contribution in [0, 0.1) is 6.92 Å². The van der Waals surface area contributed by atoms with E-state index in [9.17, 15) is 18.0 Å². The van der Waals surface area contributed by atoms with Crippen molar-refractivity contribution in [2.24, 2.45) is 0 Å². The fourth-order valence-corrected chi connectivity index (χ4v) is 5.21. The number of nitrogens with one attached hydrogen (secondary N) is 2. The van der Waals surface area contributed by atoms with E-state index in [4.69, 9.17) is 4.74 Å². The highest BCUT2D eigenvalue weighted by Gasteiger charge is 2.37. The van der Waals surface area contributed by atoms with Crippen molar-refractivity contribution in [2.45, 2.75) is 30.8 Å². The summed E-state index contributed by atoms with van der Waals surface area (Å²) < 4.78 is 34.1. The standard InChI is InChI=1S/C17H18N4O5S2/c1-10-18-6-11(27-10)7-21-15(22)13-5-12(3-4-14(13)19-16(21)23)28(24,25)20-17(2)8-26-9-17/h3-6,20H,7-9H2,1-2H3,(H,19,23). The number of aromatic nitrogens is 3. The van der Waals surface area contributed by atoms with Crippen LogP contribution in [0.2, 0.25) is 0 Å². The van der Waals surface area contributed by atoms with Gasteiger partial charge in [-0.2, -0.15) is 0 Å². The summed E-state index contributed by atoms with van der Waals surface area (Å²) in [5.41, 5.74) is -1.50. The van der Waals surface area contributed by atoms with E-state index in [1.165, 1.54) is 29.5 Å². The second kappa shape index (κ2) is 6.62. The van der Waals surface area contributed by atoms with E-state index in [2.05, 4.69) is 14.7 Å². The molecule has 28 heavy (non-hydrogen) atoms. The summed E-state index contributed by atoms with van der Waals surface area (Å²) in [6.07, 6.45) is 1.61. The zero-order valence-corrected chi connectivity index (χ0v) is 16.8. The summed E-state index contributed by atoms with van der Waals surface area (Å²) >= 11 is 1.39. The van der Waals surface area contributed by atoms with Crippen molar-refractivity contribution < 1.29 is 13.2 Å². The normalized spacial score (nSPS) is 16.2. The van der Waals surface area contributed by atoms with Crippen LogP contribution < -0.4 is 16.0 Å². The summed E-state index contributed by atoms with van der Waals surface area (Å²) in [7, 11) is -3.84. The van der Waals surface area contributed by atoms with Gasteiger partial charge in [-0.15, -0.1) is 11.3 Å². The molecule has 0 aliphatic carbocycles. The molecule has 0 bridgehead atoms. The van der Waals surface area contributed by atoms with Gasteiger partial charge in [-0.25, -0.2) is 22.9 Å². The van der Waals surface area contributed by atoms with Crippen molar-refractivity contribution in [1.82, 2.24) is 19.3 Å². The van der Waals surface area contributed by atoms with E-state index >= 15 is 0 Å². The Morgan fingerprint density at radius 1 is 1.36 bits per heavy atom. The predicted octanol–water partition coefficient (Wildman–Crippen LogP) is 0.570. The van der Waals surface area contributed by atoms with Gasteiger partial charge in [0.05, 0.1) is 46.1 Å². The number of fused-ring (bicyclic) bond motifs is 1. The Morgan fingerprint density at radius 2 is 2.11 bits per heavy atom. The van der Waals surface area contributed by atoms with Crippen LogP contribution in [0.1, 0.15) is 16.8 Å². The molecule has 1 saturated heterocycles. The number of thiazole rings is 1. The number of nitrogens with zero attached hydrogens (tertiary/aromatic N) is 2. The monoisotopic (exact) mass is 422 g/mol. The van der Waals surface area contributed by atoms with Gasteiger partial charge in [-0.05, 0) is 32.0 Å². The van der Waals surface area contributed by atoms with Gasteiger partial charge < -0.3 is 9.72 Å². The lowest BCUT2D eigenvalue weighted by molar-refractivity contribution is -0.0523. The lowest BCUT2D eigenvalue weighted by Crippen LogP contribution is -2.59. The largest absolute Gasteiger partial charge is 0.377 e. The van der Waals surface area contributed by atoms with Crippen LogP contribution in [0.15, 0.2) is 38.9 Å². The Hall–Kier alpha value is -2.34. The van der Waals surface area contributed by atoms with Crippen LogP contribution in [-0.2, 0) is 21.3 Å². The molecule has 0 spiro atoms. The first-order valence-electron chi connectivity index (χ1n) is 8.47. The third-order valence-corrected chi connectivity index (χ3v) is 7.00. The first-order valence-corrected chi connectivity index (χ1v) is 10.8. The third kappa shape index (κ3) is 3.41. The molecule has 0 saturated carbocycles. The number of aryl methyl sites for hydroxylation is 1. The molecule has 0 radical (unpaired) electrons. The fourth-order valence-electron chi connectivity index (χ4n) is 3.03. The first-order chi connectivity index (χ1) is 13.2. The second-order valence-corrected chi connectivity index (χ2v) is 10.0. The number of rotatable bonds is 5. The Bertz CT molecular complexity index is 1280. The zero-order valence-electron chi connectivity index (χ0n) is 15.2. The molecule has 2 N–H and O–H groups in total. The van der Waals surface area contributed by atoms with Crippen LogP contribution >= 0.6 is 11.3 Å². The third-order valence-electron chi connectivity index (χ3n) is 4.47. The van der Waals surface area contributed by atoms with Crippen molar-refractivity contribution in [3.63, 3.8) is 0 Å². The number of sulfonamides is 1. The number of hydrogen-bond donors (Lipinski definition) is 2. The topological polar surface area (TPSA) is 123 Å². The molecule has 0 unspecified atom stereocenters. The van der Waals surface area contributed by atoms with Crippen LogP contribution in [-0.4, -0.2) is 41.7 Å². The molecule has 11 heteroatoms. The summed E-state index contributed by atoms with van der Waals surface area (Å²) in [4.78, 5) is 32.7. The summed E-state index contributed by atoms with van der Waals surface area (Å²) in [5.74, 6) is 0. The van der Waals surface area contributed by atoms with E-state index in [0.29, 0.717) is 0 Å². The molecule has 1 aliphatic rings. The van der Waals surface area contributed by atoms with Gasteiger partial charge in [0.25, 0.3) is 5.56 Å². The van der Waals surface area contributed by atoms with Gasteiger partial charge in [-0.3, -0.25) is 9.36 Å². The Morgan fingerprint density at radius 3 is 2.71 bits per heavy atom. The van der Waals surface area contributed by atoms with Crippen LogP contribution in [0.4, 0.5) is 0 Å². The maximum absolute atomic E-state index is 12.9. The van der Waals surface area contributed by atoms with Crippen LogP contribution in [0.5, 0.6) is 0 Å². The maximum Gasteiger partial charge on any atom is 0.329 e. The molecule has 0 amide bonds. The van der Waals surface area contributed by atoms with Gasteiger partial charge in [-0.1, -0.05) is 0 Å². The Balaban J connectivity index is 1.78. The molecular formula is C17H18N4O5S2. The smallest absolute Gasteiger partial charge is 0.329 e. The minimum Gasteiger partial charge on any atom is -0.377 e. The summed E-state index contributed by atoms with van der Waals surface area (Å²) in [6, 6.07) is 4.07. The molecular weight excluding hydrogens is 404 g/mol. The van der Waals surface area contributed by atoms with Gasteiger partial charge >= 0.3 is 5.69 Å². The number of hydrogen-bond acceptors (Lipinski definition) is 7. The van der Waals surface area contributed by atoms with E-state index in [0.717, 1.165) is 14.5 Å². The highest BCUT2D eigenvalue weighted by Crippen LogP contribution is 2.21. The number of benzene rings is 1. The van der Waals surface area contributed by atoms with Crippen molar-refractivity contribution in [3.8, 4) is 0 Å². The van der Waals surface area contributed by atoms with Crippen molar-refractivity contribution in [1.29, 1.82) is 0 Å². The summed E-state index contributed by atoms with van der Waals surface area (Å²) in [5, 5.41) is 0.951. The average molecular weight is 422 g/mol. The number of H-pyrrole nitrogens is 1. The fraction of sp³-hybridized carbons (Fsp3) is 0.353. The summed E-state index contributed by atoms with van der Waals surface area (Å²) in [6.45, 7) is 4.22. The first kappa shape index (κ1) is 19.0. The molecule has 4 rings (SSSR count). The highest BCUT2D eigenvalue weighted by molar-refractivity contribution is 7.89. The SMILES string of the molecule is Cc1ncc(Cn2c(=O)[nH]c3ccc(S(=O)(=O)NC4(C)COC4)cc3c2=O)s1. The van der Waals surface area contributed by atoms with E-state index < -0.39 is 26.8 Å². The van der Waals surface area contributed by atoms with Crippen LogP contribution in [0.3, 0.4) is 0 Å². The average Bonchev–Trinajstić information content (AvgIpc) is 3.01. The Kier molecular flexibility index (Phi) is 4.49. The van der Waals surface area contributed by atoms with E-state index in [1.807, 2.05) is 6.92 Å². The minimum atomic E-state index is -3.84.